The summed E-state index contributed by atoms with van der Waals surface area (Å²) < 4.78 is 22.0. The van der Waals surface area contributed by atoms with E-state index < -0.39 is 0 Å². The van der Waals surface area contributed by atoms with Gasteiger partial charge in [0, 0.05) is 5.69 Å². The molecule has 0 unspecified atom stereocenters. The number of nitrogens with one attached hydrogen (secondary N) is 1. The zero-order valence-electron chi connectivity index (χ0n) is 15.9. The lowest BCUT2D eigenvalue weighted by atomic mass is 10.3. The summed E-state index contributed by atoms with van der Waals surface area (Å²) >= 11 is 0. The van der Waals surface area contributed by atoms with Crippen LogP contribution in [0.15, 0.2) is 65.1 Å². The summed E-state index contributed by atoms with van der Waals surface area (Å²) in [5, 5.41) is 2.79. The molecule has 1 heterocycles. The second-order valence-electron chi connectivity index (χ2n) is 5.87. The molecule has 0 aliphatic carbocycles. The van der Waals surface area contributed by atoms with Gasteiger partial charge in [-0.25, -0.2) is 0 Å². The predicted molar refractivity (Wildman–Crippen MR) is 106 cm³/mol. The number of rotatable bonds is 9. The van der Waals surface area contributed by atoms with Gasteiger partial charge in [-0.3, -0.25) is 4.79 Å². The Bertz CT molecular complexity index is 884. The third-order valence-electron chi connectivity index (χ3n) is 3.82. The highest BCUT2D eigenvalue weighted by Crippen LogP contribution is 2.20. The summed E-state index contributed by atoms with van der Waals surface area (Å²) in [5.74, 6) is 2.70. The molecule has 28 heavy (non-hydrogen) atoms. The van der Waals surface area contributed by atoms with Crippen LogP contribution >= 0.6 is 0 Å². The van der Waals surface area contributed by atoms with Crippen molar-refractivity contribution in [3.8, 4) is 17.2 Å². The molecule has 3 rings (SSSR count). The largest absolute Gasteiger partial charge is 0.494 e. The van der Waals surface area contributed by atoms with Crippen LogP contribution in [0.5, 0.6) is 17.2 Å². The van der Waals surface area contributed by atoms with Crippen LogP contribution in [-0.4, -0.2) is 19.1 Å². The second kappa shape index (κ2) is 9.50. The van der Waals surface area contributed by atoms with E-state index in [4.69, 9.17) is 18.6 Å². The predicted octanol–water partition coefficient (Wildman–Crippen LogP) is 4.91. The van der Waals surface area contributed by atoms with Gasteiger partial charge in [0.15, 0.2) is 5.76 Å². The number of amides is 1. The Morgan fingerprint density at radius 1 is 0.786 bits per heavy atom. The summed E-state index contributed by atoms with van der Waals surface area (Å²) in [4.78, 5) is 12.3. The van der Waals surface area contributed by atoms with Gasteiger partial charge in [0.2, 0.25) is 0 Å². The fourth-order valence-corrected chi connectivity index (χ4v) is 2.52. The van der Waals surface area contributed by atoms with Gasteiger partial charge in [0.1, 0.15) is 29.6 Å². The van der Waals surface area contributed by atoms with Crippen LogP contribution in [-0.2, 0) is 6.61 Å². The number of hydrogen-bond donors (Lipinski definition) is 1. The van der Waals surface area contributed by atoms with Crippen LogP contribution in [0.2, 0.25) is 0 Å². The van der Waals surface area contributed by atoms with Crippen LogP contribution in [0, 0.1) is 0 Å². The Hall–Kier alpha value is -3.41. The SMILES string of the molecule is CCOc1ccc(NC(=O)c2ccc(COc3ccc(OCC)cc3)o2)cc1. The van der Waals surface area contributed by atoms with E-state index in [1.807, 2.05) is 38.1 Å². The van der Waals surface area contributed by atoms with E-state index in [0.717, 1.165) is 11.5 Å². The molecule has 0 radical (unpaired) electrons. The van der Waals surface area contributed by atoms with Crippen molar-refractivity contribution in [3.05, 3.63) is 72.2 Å². The van der Waals surface area contributed by atoms with Gasteiger partial charge in [-0.2, -0.15) is 0 Å². The molecular weight excluding hydrogens is 358 g/mol. The van der Waals surface area contributed by atoms with E-state index in [9.17, 15) is 4.79 Å². The summed E-state index contributed by atoms with van der Waals surface area (Å²) in [5.41, 5.74) is 0.664. The van der Waals surface area contributed by atoms with E-state index in [-0.39, 0.29) is 18.3 Å². The monoisotopic (exact) mass is 381 g/mol. The van der Waals surface area contributed by atoms with Crippen molar-refractivity contribution in [1.29, 1.82) is 0 Å². The van der Waals surface area contributed by atoms with Crippen molar-refractivity contribution >= 4 is 11.6 Å². The lowest BCUT2D eigenvalue weighted by Crippen LogP contribution is -2.10. The maximum atomic E-state index is 12.3. The molecule has 1 aromatic heterocycles. The average molecular weight is 381 g/mol. The highest BCUT2D eigenvalue weighted by atomic mass is 16.5. The lowest BCUT2D eigenvalue weighted by molar-refractivity contribution is 0.0992. The molecule has 6 nitrogen and oxygen atoms in total. The van der Waals surface area contributed by atoms with E-state index in [1.54, 1.807) is 36.4 Å². The Morgan fingerprint density at radius 2 is 1.32 bits per heavy atom. The van der Waals surface area contributed by atoms with E-state index in [1.165, 1.54) is 0 Å². The molecule has 1 N–H and O–H groups in total. The molecule has 2 aromatic carbocycles. The minimum atomic E-state index is -0.323. The Morgan fingerprint density at radius 3 is 1.89 bits per heavy atom. The van der Waals surface area contributed by atoms with Crippen molar-refractivity contribution < 1.29 is 23.4 Å². The third-order valence-corrected chi connectivity index (χ3v) is 3.82. The number of hydrogen-bond acceptors (Lipinski definition) is 5. The number of carbonyl (C=O) groups is 1. The van der Waals surface area contributed by atoms with E-state index in [2.05, 4.69) is 5.32 Å². The van der Waals surface area contributed by atoms with Crippen LogP contribution in [0.3, 0.4) is 0 Å². The molecule has 0 aliphatic heterocycles. The molecule has 1 amide bonds. The first-order valence-electron chi connectivity index (χ1n) is 9.16. The molecule has 6 heteroatoms. The van der Waals surface area contributed by atoms with Gasteiger partial charge in [0.05, 0.1) is 13.2 Å². The average Bonchev–Trinajstić information content (AvgIpc) is 3.19. The zero-order chi connectivity index (χ0) is 19.8. The minimum Gasteiger partial charge on any atom is -0.494 e. The topological polar surface area (TPSA) is 69.9 Å². The molecular formula is C22H23NO5. The second-order valence-corrected chi connectivity index (χ2v) is 5.87. The number of furan rings is 1. The molecule has 146 valence electrons. The van der Waals surface area contributed by atoms with Crippen molar-refractivity contribution in [2.45, 2.75) is 20.5 Å². The summed E-state index contributed by atoms with van der Waals surface area (Å²) in [6, 6.07) is 17.9. The highest BCUT2D eigenvalue weighted by molar-refractivity contribution is 6.02. The summed E-state index contributed by atoms with van der Waals surface area (Å²) in [6.07, 6.45) is 0. The number of carbonyl (C=O) groups excluding carboxylic acids is 1. The minimum absolute atomic E-state index is 0.221. The third kappa shape index (κ3) is 5.30. The van der Waals surface area contributed by atoms with Gasteiger partial charge in [-0.05, 0) is 74.5 Å². The Kier molecular flexibility index (Phi) is 6.57. The van der Waals surface area contributed by atoms with Gasteiger partial charge in [-0.1, -0.05) is 0 Å². The number of benzene rings is 2. The summed E-state index contributed by atoms with van der Waals surface area (Å²) in [7, 11) is 0. The van der Waals surface area contributed by atoms with Crippen molar-refractivity contribution in [3.63, 3.8) is 0 Å². The van der Waals surface area contributed by atoms with Gasteiger partial charge in [-0.15, -0.1) is 0 Å². The number of ether oxygens (including phenoxy) is 3. The maximum absolute atomic E-state index is 12.3. The zero-order valence-corrected chi connectivity index (χ0v) is 15.9. The molecule has 0 atom stereocenters. The van der Waals surface area contributed by atoms with Crippen LogP contribution in [0.1, 0.15) is 30.2 Å². The first-order valence-corrected chi connectivity index (χ1v) is 9.16. The van der Waals surface area contributed by atoms with Gasteiger partial charge >= 0.3 is 0 Å². The highest BCUT2D eigenvalue weighted by Gasteiger charge is 2.12. The maximum Gasteiger partial charge on any atom is 0.291 e. The first kappa shape index (κ1) is 19.4. The van der Waals surface area contributed by atoms with Crippen LogP contribution in [0.4, 0.5) is 5.69 Å². The van der Waals surface area contributed by atoms with Gasteiger partial charge in [0.25, 0.3) is 5.91 Å². The fourth-order valence-electron chi connectivity index (χ4n) is 2.52. The Balaban J connectivity index is 1.53. The molecule has 0 saturated carbocycles. The standard InChI is InChI=1S/C22H23NO5/c1-3-25-17-7-5-16(6-8-17)23-22(24)21-14-13-20(28-21)15-27-19-11-9-18(10-12-19)26-4-2/h5-14H,3-4,15H2,1-2H3,(H,23,24). The summed E-state index contributed by atoms with van der Waals surface area (Å²) in [6.45, 7) is 5.30. The Labute approximate surface area is 164 Å². The van der Waals surface area contributed by atoms with Crippen LogP contribution in [0.25, 0.3) is 0 Å². The molecule has 0 aliphatic rings. The normalized spacial score (nSPS) is 10.4. The van der Waals surface area contributed by atoms with Gasteiger partial charge < -0.3 is 23.9 Å². The van der Waals surface area contributed by atoms with Crippen molar-refractivity contribution in [2.75, 3.05) is 18.5 Å². The molecule has 0 saturated heterocycles. The van der Waals surface area contributed by atoms with Crippen molar-refractivity contribution in [2.24, 2.45) is 0 Å². The molecule has 0 spiro atoms. The van der Waals surface area contributed by atoms with Crippen LogP contribution < -0.4 is 19.5 Å². The smallest absolute Gasteiger partial charge is 0.291 e. The fraction of sp³-hybridized carbons (Fsp3) is 0.227. The van der Waals surface area contributed by atoms with E-state index >= 15 is 0 Å². The molecule has 0 bridgehead atoms. The van der Waals surface area contributed by atoms with Crippen molar-refractivity contribution in [1.82, 2.24) is 0 Å². The molecule has 0 fully saturated rings. The van der Waals surface area contributed by atoms with E-state index in [0.29, 0.717) is 30.4 Å². The first-order chi connectivity index (χ1) is 13.7. The number of anilines is 1. The lowest BCUT2D eigenvalue weighted by Gasteiger charge is -2.07. The molecule has 3 aromatic rings. The quantitative estimate of drug-likeness (QED) is 0.570.